The Morgan fingerprint density at radius 3 is 2.69 bits per heavy atom. The zero-order valence-electron chi connectivity index (χ0n) is 27.9. The number of cyclic esters (lactones) is 1. The van der Waals surface area contributed by atoms with Crippen LogP contribution in [0.1, 0.15) is 61.6 Å². The maximum Gasteiger partial charge on any atom is 0.410 e. The minimum atomic E-state index is -3.97. The summed E-state index contributed by atoms with van der Waals surface area (Å²) in [7, 11) is -3.97. The molecule has 3 heterocycles. The largest absolute Gasteiger partial charge is 0.450 e. The average Bonchev–Trinajstić information content (AvgIpc) is 4.01. The van der Waals surface area contributed by atoms with Gasteiger partial charge in [0.15, 0.2) is 0 Å². The number of nitrogens with one attached hydrogen (secondary N) is 3. The van der Waals surface area contributed by atoms with E-state index in [0.29, 0.717) is 38.6 Å². The third-order valence-electron chi connectivity index (χ3n) is 9.98. The molecule has 2 saturated carbocycles. The first kappa shape index (κ1) is 36.3. The third kappa shape index (κ3) is 8.02. The standard InChI is InChI=1S/C34H41F2N5O9S/c1-2-22-17-34(22,31(44)39-51(47,48)24-10-11-24)38-29(42)27-15-23-18-41(27)30(43)26(16-28(35)36)37-32(45)49-14-5-3-4-7-20-8-6-9-21-12-13-40(19-25(20)21)33(46)50-23/h2,4,6-9,22-24,26-28H,1,3,5,10-19H2,(H,37,45)(H,38,42)(H,39,44)/t22-,23-,26+,27+,34-/m1/s1. The zero-order valence-corrected chi connectivity index (χ0v) is 28.7. The van der Waals surface area contributed by atoms with Gasteiger partial charge in [-0.2, -0.15) is 0 Å². The van der Waals surface area contributed by atoms with Crippen LogP contribution in [0, 0.1) is 5.92 Å². The molecule has 51 heavy (non-hydrogen) atoms. The lowest BCUT2D eigenvalue weighted by Crippen LogP contribution is -2.58. The molecule has 4 bridgehead atoms. The molecule has 1 saturated heterocycles. The van der Waals surface area contributed by atoms with Crippen molar-refractivity contribution < 1.29 is 50.6 Å². The van der Waals surface area contributed by atoms with Crippen LogP contribution in [0.3, 0.4) is 0 Å². The number of alkyl halides is 2. The summed E-state index contributed by atoms with van der Waals surface area (Å²) in [6.07, 6.45) is 0.297. The molecule has 276 valence electrons. The van der Waals surface area contributed by atoms with Crippen molar-refractivity contribution in [3.8, 4) is 0 Å². The molecule has 17 heteroatoms. The van der Waals surface area contributed by atoms with Crippen molar-refractivity contribution >= 4 is 46.0 Å². The maximum atomic E-state index is 14.0. The van der Waals surface area contributed by atoms with Crippen molar-refractivity contribution in [3.05, 3.63) is 53.6 Å². The van der Waals surface area contributed by atoms with Crippen LogP contribution in [-0.2, 0) is 46.8 Å². The number of fused-ring (bicyclic) bond motifs is 3. The highest BCUT2D eigenvalue weighted by atomic mass is 32.2. The van der Waals surface area contributed by atoms with E-state index in [0.717, 1.165) is 21.6 Å². The van der Waals surface area contributed by atoms with Gasteiger partial charge >= 0.3 is 12.2 Å². The van der Waals surface area contributed by atoms with E-state index in [4.69, 9.17) is 9.47 Å². The molecular formula is C34H41F2N5O9S. The van der Waals surface area contributed by atoms with E-state index in [9.17, 15) is 41.2 Å². The van der Waals surface area contributed by atoms with E-state index >= 15 is 0 Å². The summed E-state index contributed by atoms with van der Waals surface area (Å²) in [6.45, 7) is 3.84. The molecule has 1 aromatic rings. The van der Waals surface area contributed by atoms with Gasteiger partial charge in [0.2, 0.25) is 28.3 Å². The number of carbonyl (C=O) groups is 5. The van der Waals surface area contributed by atoms with Gasteiger partial charge in [-0.05, 0) is 55.2 Å². The fourth-order valence-electron chi connectivity index (χ4n) is 6.89. The first-order valence-corrected chi connectivity index (χ1v) is 18.6. The monoisotopic (exact) mass is 733 g/mol. The van der Waals surface area contributed by atoms with Crippen LogP contribution in [0.2, 0.25) is 0 Å². The number of halogens is 2. The number of hydrogen-bond acceptors (Lipinski definition) is 9. The molecule has 5 atom stereocenters. The quantitative estimate of drug-likeness (QED) is 0.338. The Balaban J connectivity index is 1.27. The predicted octanol–water partition coefficient (Wildman–Crippen LogP) is 2.38. The van der Waals surface area contributed by atoms with E-state index in [-0.39, 0.29) is 32.5 Å². The zero-order chi connectivity index (χ0) is 36.5. The average molecular weight is 734 g/mol. The van der Waals surface area contributed by atoms with E-state index in [2.05, 4.69) is 21.9 Å². The van der Waals surface area contributed by atoms with Gasteiger partial charge in [-0.3, -0.25) is 19.1 Å². The van der Waals surface area contributed by atoms with Gasteiger partial charge in [0.25, 0.3) is 5.91 Å². The highest BCUT2D eigenvalue weighted by Gasteiger charge is 2.62. The van der Waals surface area contributed by atoms with Crippen LogP contribution in [-0.4, -0.2) is 103 Å². The van der Waals surface area contributed by atoms with Crippen LogP contribution in [0.15, 0.2) is 36.9 Å². The summed E-state index contributed by atoms with van der Waals surface area (Å²) in [6, 6.07) is 2.60. The number of benzene rings is 1. The van der Waals surface area contributed by atoms with Gasteiger partial charge in [-0.15, -0.1) is 6.58 Å². The van der Waals surface area contributed by atoms with Gasteiger partial charge in [0.1, 0.15) is 23.7 Å². The van der Waals surface area contributed by atoms with Crippen molar-refractivity contribution in [3.63, 3.8) is 0 Å². The van der Waals surface area contributed by atoms with E-state index in [1.807, 2.05) is 30.4 Å². The summed E-state index contributed by atoms with van der Waals surface area (Å²) in [5.74, 6) is -3.53. The summed E-state index contributed by atoms with van der Waals surface area (Å²) < 4.78 is 65.7. The SMILES string of the molecule is C=C[C@@H]1C[C@]1(NC(=O)[C@@H]1C[C@@H]2CN1C(=O)[C@H](CC(F)F)NC(=O)OCCCC=Cc1cccc3c1CN(CC3)C(=O)O2)C(=O)NS(=O)(=O)C1CC1. The Kier molecular flexibility index (Phi) is 10.4. The highest BCUT2D eigenvalue weighted by molar-refractivity contribution is 7.91. The van der Waals surface area contributed by atoms with Crippen LogP contribution in [0.4, 0.5) is 18.4 Å². The van der Waals surface area contributed by atoms with Crippen LogP contribution in [0.5, 0.6) is 0 Å². The summed E-state index contributed by atoms with van der Waals surface area (Å²) in [5, 5.41) is 4.08. The minimum Gasteiger partial charge on any atom is -0.450 e. The predicted molar refractivity (Wildman–Crippen MR) is 177 cm³/mol. The summed E-state index contributed by atoms with van der Waals surface area (Å²) in [5.41, 5.74) is 1.24. The molecule has 2 aliphatic carbocycles. The molecule has 0 spiro atoms. The molecule has 14 nitrogen and oxygen atoms in total. The van der Waals surface area contributed by atoms with Crippen molar-refractivity contribution in [1.82, 2.24) is 25.2 Å². The summed E-state index contributed by atoms with van der Waals surface area (Å²) in [4.78, 5) is 69.8. The molecule has 3 fully saturated rings. The Labute approximate surface area is 294 Å². The van der Waals surface area contributed by atoms with E-state index in [1.54, 1.807) is 0 Å². The normalized spacial score (nSPS) is 28.4. The molecule has 1 aromatic carbocycles. The van der Waals surface area contributed by atoms with Crippen molar-refractivity contribution in [1.29, 1.82) is 0 Å². The fraction of sp³-hybridized carbons (Fsp3) is 0.559. The van der Waals surface area contributed by atoms with Crippen molar-refractivity contribution in [2.24, 2.45) is 5.92 Å². The molecule has 3 aliphatic heterocycles. The lowest BCUT2D eigenvalue weighted by molar-refractivity contribution is -0.141. The van der Waals surface area contributed by atoms with E-state index < -0.39 is 87.7 Å². The smallest absolute Gasteiger partial charge is 0.410 e. The minimum absolute atomic E-state index is 0.0301. The second kappa shape index (κ2) is 14.6. The topological polar surface area (TPSA) is 181 Å². The molecular weight excluding hydrogens is 692 g/mol. The number of ether oxygens (including phenoxy) is 2. The third-order valence-corrected chi connectivity index (χ3v) is 11.8. The first-order valence-electron chi connectivity index (χ1n) is 17.1. The Bertz CT molecular complexity index is 1740. The number of amides is 5. The molecule has 5 aliphatic rings. The number of sulfonamides is 1. The van der Waals surface area contributed by atoms with Crippen molar-refractivity contribution in [2.45, 2.75) is 93.3 Å². The van der Waals surface area contributed by atoms with Gasteiger partial charge < -0.3 is 29.9 Å². The lowest BCUT2D eigenvalue weighted by atomic mass is 9.94. The number of hydrogen-bond donors (Lipinski definition) is 3. The molecule has 6 rings (SSSR count). The van der Waals surface area contributed by atoms with Gasteiger partial charge in [-0.25, -0.2) is 26.8 Å². The van der Waals surface area contributed by atoms with Crippen LogP contribution < -0.4 is 15.4 Å². The van der Waals surface area contributed by atoms with Crippen molar-refractivity contribution in [2.75, 3.05) is 19.7 Å². The lowest BCUT2D eigenvalue weighted by Gasteiger charge is -2.30. The molecule has 0 radical (unpaired) electrons. The highest BCUT2D eigenvalue weighted by Crippen LogP contribution is 2.45. The number of allylic oxidation sites excluding steroid dienone is 1. The number of rotatable bonds is 8. The van der Waals surface area contributed by atoms with E-state index in [1.165, 1.54) is 11.0 Å². The fourth-order valence-corrected chi connectivity index (χ4v) is 8.25. The van der Waals surface area contributed by atoms with Crippen LogP contribution >= 0.6 is 0 Å². The number of alkyl carbamates (subject to hydrolysis) is 1. The number of carbonyl (C=O) groups excluding carboxylic acids is 5. The maximum absolute atomic E-state index is 14.0. The molecule has 5 amide bonds. The number of nitrogens with zero attached hydrogens (tertiary/aromatic N) is 2. The summed E-state index contributed by atoms with van der Waals surface area (Å²) >= 11 is 0. The first-order chi connectivity index (χ1) is 24.3. The Hall–Kier alpha value is -4.54. The van der Waals surface area contributed by atoms with Gasteiger partial charge in [-0.1, -0.05) is 36.4 Å². The Morgan fingerprint density at radius 1 is 1.20 bits per heavy atom. The molecule has 0 unspecified atom stereocenters. The molecule has 0 aromatic heterocycles. The Morgan fingerprint density at radius 2 is 1.98 bits per heavy atom. The van der Waals surface area contributed by atoms with Gasteiger partial charge in [0, 0.05) is 31.8 Å². The molecule has 3 N–H and O–H groups in total. The second-order valence-corrected chi connectivity index (χ2v) is 15.6. The second-order valence-electron chi connectivity index (χ2n) is 13.6. The van der Waals surface area contributed by atoms with Gasteiger partial charge in [0.05, 0.1) is 18.4 Å². The van der Waals surface area contributed by atoms with Crippen LogP contribution in [0.25, 0.3) is 6.08 Å².